The molecule has 0 fully saturated rings. The van der Waals surface area contributed by atoms with E-state index in [1.54, 1.807) is 0 Å². The Morgan fingerprint density at radius 2 is 1.78 bits per heavy atom. The van der Waals surface area contributed by atoms with Gasteiger partial charge in [-0.1, -0.05) is 6.07 Å². The lowest BCUT2D eigenvalue weighted by molar-refractivity contribution is -0.120. The predicted molar refractivity (Wildman–Crippen MR) is 62.0 cm³/mol. The maximum absolute atomic E-state index is 13.3. The molecule has 7 heteroatoms. The predicted octanol–water partition coefficient (Wildman–Crippen LogP) is 1.22. The van der Waals surface area contributed by atoms with Crippen LogP contribution in [0.2, 0.25) is 0 Å². The third-order valence-electron chi connectivity index (χ3n) is 2.18. The standard InChI is InChI=1S/C11H13F2N3O2/c1-6(10(17)16-11(18)14-2)15-9-7(12)4-3-5-8(9)13/h3-6,15H,1-2H3,(H2,14,16,17,18). The number of benzene rings is 1. The summed E-state index contributed by atoms with van der Waals surface area (Å²) in [5.74, 6) is -2.32. The third kappa shape index (κ3) is 3.41. The fraction of sp³-hybridized carbons (Fsp3) is 0.273. The number of carbonyl (C=O) groups excluding carboxylic acids is 2. The SMILES string of the molecule is CNC(=O)NC(=O)C(C)Nc1c(F)cccc1F. The van der Waals surface area contributed by atoms with Crippen molar-refractivity contribution in [1.82, 2.24) is 10.6 Å². The Labute approximate surface area is 103 Å². The number of anilines is 1. The summed E-state index contributed by atoms with van der Waals surface area (Å²) in [4.78, 5) is 22.4. The van der Waals surface area contributed by atoms with E-state index in [0.29, 0.717) is 0 Å². The van der Waals surface area contributed by atoms with E-state index < -0.39 is 35.3 Å². The van der Waals surface area contributed by atoms with Crippen molar-refractivity contribution in [3.63, 3.8) is 0 Å². The van der Waals surface area contributed by atoms with Crippen molar-refractivity contribution in [2.75, 3.05) is 12.4 Å². The van der Waals surface area contributed by atoms with Crippen LogP contribution in [0.5, 0.6) is 0 Å². The Hall–Kier alpha value is -2.18. The first-order chi connectivity index (χ1) is 8.45. The van der Waals surface area contributed by atoms with E-state index in [-0.39, 0.29) is 0 Å². The Bertz CT molecular complexity index is 445. The van der Waals surface area contributed by atoms with E-state index in [1.807, 2.05) is 5.32 Å². The average molecular weight is 257 g/mol. The maximum atomic E-state index is 13.3. The van der Waals surface area contributed by atoms with Gasteiger partial charge >= 0.3 is 6.03 Å². The van der Waals surface area contributed by atoms with E-state index in [0.717, 1.165) is 12.1 Å². The number of para-hydroxylation sites is 1. The summed E-state index contributed by atoms with van der Waals surface area (Å²) in [6.07, 6.45) is 0. The fourth-order valence-corrected chi connectivity index (χ4v) is 1.20. The minimum atomic E-state index is -0.964. The monoisotopic (exact) mass is 257 g/mol. The van der Waals surface area contributed by atoms with E-state index >= 15 is 0 Å². The van der Waals surface area contributed by atoms with Crippen molar-refractivity contribution in [2.45, 2.75) is 13.0 Å². The summed E-state index contributed by atoms with van der Waals surface area (Å²) in [5, 5.41) is 6.55. The van der Waals surface area contributed by atoms with E-state index in [9.17, 15) is 18.4 Å². The summed E-state index contributed by atoms with van der Waals surface area (Å²) >= 11 is 0. The highest BCUT2D eigenvalue weighted by Crippen LogP contribution is 2.18. The number of halogens is 2. The number of rotatable bonds is 3. The van der Waals surface area contributed by atoms with Crippen LogP contribution in [-0.4, -0.2) is 25.0 Å². The molecule has 0 bridgehead atoms. The fourth-order valence-electron chi connectivity index (χ4n) is 1.20. The first kappa shape index (κ1) is 13.9. The van der Waals surface area contributed by atoms with Crippen LogP contribution in [0.4, 0.5) is 19.3 Å². The summed E-state index contributed by atoms with van der Waals surface area (Å²) < 4.78 is 26.6. The molecule has 0 aliphatic heterocycles. The number of hydrogen-bond acceptors (Lipinski definition) is 3. The molecule has 1 aromatic rings. The highest BCUT2D eigenvalue weighted by atomic mass is 19.1. The van der Waals surface area contributed by atoms with Gasteiger partial charge in [0.05, 0.1) is 0 Å². The lowest BCUT2D eigenvalue weighted by Gasteiger charge is -2.15. The molecule has 0 saturated heterocycles. The van der Waals surface area contributed by atoms with Crippen molar-refractivity contribution in [3.05, 3.63) is 29.8 Å². The molecule has 3 N–H and O–H groups in total. The summed E-state index contributed by atoms with van der Waals surface area (Å²) in [6, 6.07) is 1.69. The van der Waals surface area contributed by atoms with Crippen LogP contribution in [0.15, 0.2) is 18.2 Å². The van der Waals surface area contributed by atoms with Gasteiger partial charge in [-0.3, -0.25) is 10.1 Å². The molecular formula is C11H13F2N3O2. The molecule has 0 aliphatic rings. The molecule has 18 heavy (non-hydrogen) atoms. The van der Waals surface area contributed by atoms with E-state index in [4.69, 9.17) is 0 Å². The van der Waals surface area contributed by atoms with Crippen molar-refractivity contribution in [1.29, 1.82) is 0 Å². The molecule has 0 aliphatic carbocycles. The molecule has 1 unspecified atom stereocenters. The number of imide groups is 1. The van der Waals surface area contributed by atoms with E-state index in [1.165, 1.54) is 20.0 Å². The lowest BCUT2D eigenvalue weighted by atomic mass is 10.2. The van der Waals surface area contributed by atoms with Crippen LogP contribution in [0, 0.1) is 11.6 Å². The molecule has 0 radical (unpaired) electrons. The van der Waals surface area contributed by atoms with Crippen LogP contribution in [-0.2, 0) is 4.79 Å². The molecule has 0 spiro atoms. The number of carbonyl (C=O) groups is 2. The first-order valence-electron chi connectivity index (χ1n) is 5.18. The van der Waals surface area contributed by atoms with Gasteiger partial charge < -0.3 is 10.6 Å². The van der Waals surface area contributed by atoms with Crippen LogP contribution in [0.1, 0.15) is 6.92 Å². The molecule has 0 heterocycles. The van der Waals surface area contributed by atoms with Crippen LogP contribution in [0.3, 0.4) is 0 Å². The number of nitrogens with one attached hydrogen (secondary N) is 3. The van der Waals surface area contributed by atoms with Crippen LogP contribution >= 0.6 is 0 Å². The third-order valence-corrected chi connectivity index (χ3v) is 2.18. The first-order valence-corrected chi connectivity index (χ1v) is 5.18. The van der Waals surface area contributed by atoms with Gasteiger partial charge in [-0.25, -0.2) is 13.6 Å². The van der Waals surface area contributed by atoms with Gasteiger partial charge in [-0.2, -0.15) is 0 Å². The zero-order valence-electron chi connectivity index (χ0n) is 9.88. The molecule has 1 atom stereocenters. The molecule has 1 aromatic carbocycles. The Balaban J connectivity index is 2.72. The Kier molecular flexibility index (Phi) is 4.59. The zero-order chi connectivity index (χ0) is 13.7. The minimum absolute atomic E-state index is 0.406. The van der Waals surface area contributed by atoms with E-state index in [2.05, 4.69) is 10.6 Å². The second-order valence-corrected chi connectivity index (χ2v) is 3.53. The summed E-state index contributed by atoms with van der Waals surface area (Å²) in [5.41, 5.74) is -0.406. The van der Waals surface area contributed by atoms with Gasteiger partial charge in [0.2, 0.25) is 5.91 Å². The van der Waals surface area contributed by atoms with Gasteiger partial charge in [0.25, 0.3) is 0 Å². The van der Waals surface area contributed by atoms with Gasteiger partial charge in [0, 0.05) is 7.05 Å². The van der Waals surface area contributed by atoms with Crippen molar-refractivity contribution < 1.29 is 18.4 Å². The minimum Gasteiger partial charge on any atom is -0.369 e. The zero-order valence-corrected chi connectivity index (χ0v) is 9.88. The highest BCUT2D eigenvalue weighted by Gasteiger charge is 2.18. The number of amides is 3. The van der Waals surface area contributed by atoms with Crippen molar-refractivity contribution >= 4 is 17.6 Å². The van der Waals surface area contributed by atoms with Gasteiger partial charge in [-0.05, 0) is 19.1 Å². The van der Waals surface area contributed by atoms with Gasteiger partial charge in [-0.15, -0.1) is 0 Å². The quantitative estimate of drug-likeness (QED) is 0.762. The summed E-state index contributed by atoms with van der Waals surface area (Å²) in [7, 11) is 1.34. The Morgan fingerprint density at radius 3 is 2.28 bits per heavy atom. The molecule has 98 valence electrons. The number of urea groups is 1. The van der Waals surface area contributed by atoms with Crippen LogP contribution in [0.25, 0.3) is 0 Å². The molecule has 0 saturated carbocycles. The van der Waals surface area contributed by atoms with Gasteiger partial charge in [0.1, 0.15) is 23.4 Å². The lowest BCUT2D eigenvalue weighted by Crippen LogP contribution is -2.44. The molecule has 1 rings (SSSR count). The molecule has 3 amide bonds. The molecular weight excluding hydrogens is 244 g/mol. The Morgan fingerprint density at radius 1 is 1.22 bits per heavy atom. The normalized spacial score (nSPS) is 11.6. The van der Waals surface area contributed by atoms with Crippen LogP contribution < -0.4 is 16.0 Å². The second kappa shape index (κ2) is 5.95. The number of hydrogen-bond donors (Lipinski definition) is 3. The average Bonchev–Trinajstić information content (AvgIpc) is 2.33. The molecule has 5 nitrogen and oxygen atoms in total. The largest absolute Gasteiger partial charge is 0.369 e. The van der Waals surface area contributed by atoms with Gasteiger partial charge in [0.15, 0.2) is 0 Å². The smallest absolute Gasteiger partial charge is 0.321 e. The van der Waals surface area contributed by atoms with Crippen molar-refractivity contribution in [3.8, 4) is 0 Å². The molecule has 0 aromatic heterocycles. The summed E-state index contributed by atoms with van der Waals surface area (Å²) in [6.45, 7) is 1.38. The highest BCUT2D eigenvalue weighted by molar-refractivity contribution is 5.97. The van der Waals surface area contributed by atoms with Crippen molar-refractivity contribution in [2.24, 2.45) is 0 Å². The maximum Gasteiger partial charge on any atom is 0.321 e. The topological polar surface area (TPSA) is 70.2 Å². The second-order valence-electron chi connectivity index (χ2n) is 3.53.